The molecule has 106 valence electrons. The number of hydrogen-bond acceptors (Lipinski definition) is 1. The van der Waals surface area contributed by atoms with Crippen LogP contribution in [0.4, 0.5) is 0 Å². The van der Waals surface area contributed by atoms with Crippen LogP contribution >= 0.6 is 0 Å². The second-order valence-electron chi connectivity index (χ2n) is 6.08. The molecule has 0 N–H and O–H groups in total. The average molecular weight is 275 g/mol. The Balaban J connectivity index is 2.25. The third-order valence-electron chi connectivity index (χ3n) is 4.39. The summed E-state index contributed by atoms with van der Waals surface area (Å²) in [6, 6.07) is 13.2. The van der Waals surface area contributed by atoms with Gasteiger partial charge in [-0.1, -0.05) is 12.1 Å². The van der Waals surface area contributed by atoms with Crippen LogP contribution in [0.1, 0.15) is 27.8 Å². The molecule has 0 aliphatic rings. The van der Waals surface area contributed by atoms with Gasteiger partial charge in [-0.25, -0.2) is 4.98 Å². The molecule has 1 nitrogen and oxygen atoms in total. The molecule has 0 atom stereocenters. The van der Waals surface area contributed by atoms with E-state index in [0.717, 1.165) is 11.2 Å². The molecule has 2 aromatic carbocycles. The van der Waals surface area contributed by atoms with Crippen molar-refractivity contribution in [1.29, 1.82) is 0 Å². The smallest absolute Gasteiger partial charge is 0.0714 e. The Morgan fingerprint density at radius 3 is 2.05 bits per heavy atom. The van der Waals surface area contributed by atoms with Crippen molar-refractivity contribution in [2.45, 2.75) is 34.6 Å². The Kier molecular flexibility index (Phi) is 3.29. The van der Waals surface area contributed by atoms with Gasteiger partial charge in [0.25, 0.3) is 0 Å². The molecule has 0 unspecified atom stereocenters. The van der Waals surface area contributed by atoms with Gasteiger partial charge in [-0.2, -0.15) is 0 Å². The van der Waals surface area contributed by atoms with E-state index in [1.165, 1.54) is 38.8 Å². The molecule has 0 amide bonds. The lowest BCUT2D eigenvalue weighted by Crippen LogP contribution is -1.93. The van der Waals surface area contributed by atoms with Crippen molar-refractivity contribution in [2.75, 3.05) is 0 Å². The maximum absolute atomic E-state index is 4.88. The number of nitrogens with zero attached hydrogens (tertiary/aromatic N) is 1. The van der Waals surface area contributed by atoms with E-state index in [1.54, 1.807) is 0 Å². The predicted octanol–water partition coefficient (Wildman–Crippen LogP) is 5.44. The normalized spacial score (nSPS) is 11.1. The Bertz CT molecular complexity index is 821. The van der Waals surface area contributed by atoms with Crippen LogP contribution in [0.15, 0.2) is 36.4 Å². The van der Waals surface area contributed by atoms with Crippen molar-refractivity contribution >= 4 is 10.9 Å². The largest absolute Gasteiger partial charge is 0.248 e. The summed E-state index contributed by atoms with van der Waals surface area (Å²) in [7, 11) is 0. The first-order chi connectivity index (χ1) is 9.95. The fourth-order valence-corrected chi connectivity index (χ4v) is 2.84. The summed E-state index contributed by atoms with van der Waals surface area (Å²) in [5.41, 5.74) is 9.92. The third-order valence-corrected chi connectivity index (χ3v) is 4.39. The summed E-state index contributed by atoms with van der Waals surface area (Å²) in [6.07, 6.45) is 0. The average Bonchev–Trinajstić information content (AvgIpc) is 2.43. The van der Waals surface area contributed by atoms with Gasteiger partial charge in [-0.3, -0.25) is 0 Å². The van der Waals surface area contributed by atoms with E-state index in [4.69, 9.17) is 4.98 Å². The lowest BCUT2D eigenvalue weighted by molar-refractivity contribution is 1.25. The highest BCUT2D eigenvalue weighted by molar-refractivity contribution is 5.85. The maximum Gasteiger partial charge on any atom is 0.0714 e. The standard InChI is InChI=1S/C20H21N/c1-12-6-7-18-15(4)11-19(21-20(18)8-12)17-9-13(2)16(5)14(3)10-17/h6-11H,1-5H3. The Morgan fingerprint density at radius 2 is 1.38 bits per heavy atom. The summed E-state index contributed by atoms with van der Waals surface area (Å²) >= 11 is 0. The molecule has 0 spiro atoms. The van der Waals surface area contributed by atoms with E-state index in [1.807, 2.05) is 0 Å². The molecule has 0 aliphatic heterocycles. The maximum atomic E-state index is 4.88. The number of rotatable bonds is 1. The van der Waals surface area contributed by atoms with Gasteiger partial charge in [-0.15, -0.1) is 0 Å². The molecule has 0 fully saturated rings. The quantitative estimate of drug-likeness (QED) is 0.576. The predicted molar refractivity (Wildman–Crippen MR) is 90.9 cm³/mol. The van der Waals surface area contributed by atoms with Crippen molar-refractivity contribution in [3.8, 4) is 11.3 Å². The lowest BCUT2D eigenvalue weighted by Gasteiger charge is -2.11. The molecule has 3 rings (SSSR count). The Labute approximate surface area is 126 Å². The zero-order valence-electron chi connectivity index (χ0n) is 13.4. The number of hydrogen-bond donors (Lipinski definition) is 0. The van der Waals surface area contributed by atoms with Crippen molar-refractivity contribution in [3.63, 3.8) is 0 Å². The molecule has 0 aliphatic carbocycles. The minimum atomic E-state index is 1.07. The van der Waals surface area contributed by atoms with Gasteiger partial charge in [0.15, 0.2) is 0 Å². The van der Waals surface area contributed by atoms with Crippen LogP contribution in [-0.4, -0.2) is 4.98 Å². The molecular weight excluding hydrogens is 254 g/mol. The van der Waals surface area contributed by atoms with Gasteiger partial charge >= 0.3 is 0 Å². The fourth-order valence-electron chi connectivity index (χ4n) is 2.84. The Morgan fingerprint density at radius 1 is 0.714 bits per heavy atom. The van der Waals surface area contributed by atoms with Crippen LogP contribution in [0.2, 0.25) is 0 Å². The van der Waals surface area contributed by atoms with Crippen LogP contribution in [0.25, 0.3) is 22.2 Å². The van der Waals surface area contributed by atoms with Gasteiger partial charge in [0.2, 0.25) is 0 Å². The van der Waals surface area contributed by atoms with Crippen molar-refractivity contribution in [3.05, 3.63) is 64.2 Å². The van der Waals surface area contributed by atoms with E-state index in [0.29, 0.717) is 0 Å². The molecule has 21 heavy (non-hydrogen) atoms. The van der Waals surface area contributed by atoms with Crippen LogP contribution in [0, 0.1) is 34.6 Å². The zero-order chi connectivity index (χ0) is 15.1. The lowest BCUT2D eigenvalue weighted by atomic mass is 9.97. The number of fused-ring (bicyclic) bond motifs is 1. The van der Waals surface area contributed by atoms with Gasteiger partial charge in [0.1, 0.15) is 0 Å². The fraction of sp³-hybridized carbons (Fsp3) is 0.250. The molecule has 0 saturated heterocycles. The molecule has 0 radical (unpaired) electrons. The summed E-state index contributed by atoms with van der Waals surface area (Å²) in [4.78, 5) is 4.88. The second-order valence-corrected chi connectivity index (χ2v) is 6.08. The van der Waals surface area contributed by atoms with Gasteiger partial charge in [0.05, 0.1) is 11.2 Å². The van der Waals surface area contributed by atoms with Crippen molar-refractivity contribution < 1.29 is 0 Å². The van der Waals surface area contributed by atoms with Crippen molar-refractivity contribution in [1.82, 2.24) is 4.98 Å². The summed E-state index contributed by atoms with van der Waals surface area (Å²) in [5.74, 6) is 0. The van der Waals surface area contributed by atoms with E-state index in [-0.39, 0.29) is 0 Å². The highest BCUT2D eigenvalue weighted by Crippen LogP contribution is 2.27. The number of benzene rings is 2. The molecule has 1 heteroatoms. The monoisotopic (exact) mass is 275 g/mol. The molecule has 1 heterocycles. The van der Waals surface area contributed by atoms with Crippen molar-refractivity contribution in [2.24, 2.45) is 0 Å². The number of aromatic nitrogens is 1. The highest BCUT2D eigenvalue weighted by Gasteiger charge is 2.08. The first-order valence-electron chi connectivity index (χ1n) is 7.42. The third kappa shape index (κ3) is 2.44. The molecule has 1 aromatic heterocycles. The first-order valence-corrected chi connectivity index (χ1v) is 7.42. The minimum Gasteiger partial charge on any atom is -0.248 e. The first kappa shape index (κ1) is 13.8. The molecule has 0 saturated carbocycles. The summed E-state index contributed by atoms with van der Waals surface area (Å²) < 4.78 is 0. The summed E-state index contributed by atoms with van der Waals surface area (Å²) in [6.45, 7) is 10.8. The number of pyridine rings is 1. The minimum absolute atomic E-state index is 1.07. The van der Waals surface area contributed by atoms with Crippen LogP contribution < -0.4 is 0 Å². The van der Waals surface area contributed by atoms with Gasteiger partial charge in [-0.05, 0) is 86.7 Å². The van der Waals surface area contributed by atoms with E-state index in [2.05, 4.69) is 71.0 Å². The zero-order valence-corrected chi connectivity index (χ0v) is 13.4. The molecule has 3 aromatic rings. The SMILES string of the molecule is Cc1ccc2c(C)cc(-c3cc(C)c(C)c(C)c3)nc2c1. The van der Waals surface area contributed by atoms with E-state index in [9.17, 15) is 0 Å². The highest BCUT2D eigenvalue weighted by atomic mass is 14.7. The van der Waals surface area contributed by atoms with E-state index >= 15 is 0 Å². The number of aryl methyl sites for hydroxylation is 4. The molecule has 0 bridgehead atoms. The van der Waals surface area contributed by atoms with E-state index < -0.39 is 0 Å². The Hall–Kier alpha value is -2.15. The van der Waals surface area contributed by atoms with Crippen LogP contribution in [0.3, 0.4) is 0 Å². The van der Waals surface area contributed by atoms with Crippen LogP contribution in [0.5, 0.6) is 0 Å². The van der Waals surface area contributed by atoms with Crippen LogP contribution in [-0.2, 0) is 0 Å². The summed E-state index contributed by atoms with van der Waals surface area (Å²) in [5, 5.41) is 1.24. The van der Waals surface area contributed by atoms with Gasteiger partial charge in [0, 0.05) is 10.9 Å². The topological polar surface area (TPSA) is 12.9 Å². The second kappa shape index (κ2) is 5.00. The van der Waals surface area contributed by atoms with Gasteiger partial charge < -0.3 is 0 Å². The molecular formula is C20H21N.